The van der Waals surface area contributed by atoms with Crippen molar-refractivity contribution >= 4 is 17.6 Å². The van der Waals surface area contributed by atoms with Crippen LogP contribution in [0.2, 0.25) is 0 Å². The van der Waals surface area contributed by atoms with Gasteiger partial charge in [0.25, 0.3) is 5.91 Å². The summed E-state index contributed by atoms with van der Waals surface area (Å²) in [4.78, 5) is 36.0. The standard InChI is InChI=1S/C20H20N4O3/c1-12-13(2)23-18(22-12)15-6-8-16(9-7-15)20(26)27-14(3)19(25)24-17-5-4-10-21-11-17/h4-11,14H,1-3H3,(H,22,23)(H,24,25). The summed E-state index contributed by atoms with van der Waals surface area (Å²) in [6.45, 7) is 5.40. The van der Waals surface area contributed by atoms with Gasteiger partial charge in [-0.1, -0.05) is 12.1 Å². The van der Waals surface area contributed by atoms with E-state index in [1.165, 1.54) is 13.1 Å². The van der Waals surface area contributed by atoms with E-state index in [1.807, 2.05) is 13.8 Å². The second kappa shape index (κ2) is 7.82. The van der Waals surface area contributed by atoms with Crippen LogP contribution in [0.3, 0.4) is 0 Å². The lowest BCUT2D eigenvalue weighted by atomic mass is 10.1. The number of H-pyrrole nitrogens is 1. The second-order valence-corrected chi connectivity index (χ2v) is 6.15. The molecule has 1 atom stereocenters. The molecule has 0 bridgehead atoms. The summed E-state index contributed by atoms with van der Waals surface area (Å²) < 4.78 is 5.24. The van der Waals surface area contributed by atoms with Gasteiger partial charge in [0.2, 0.25) is 0 Å². The number of ether oxygens (including phenoxy) is 1. The van der Waals surface area contributed by atoms with Crippen LogP contribution >= 0.6 is 0 Å². The van der Waals surface area contributed by atoms with Crippen LogP contribution in [0, 0.1) is 13.8 Å². The summed E-state index contributed by atoms with van der Waals surface area (Å²) in [6, 6.07) is 10.3. The fourth-order valence-electron chi connectivity index (χ4n) is 2.41. The molecule has 0 aliphatic rings. The third-order valence-corrected chi connectivity index (χ3v) is 4.10. The topological polar surface area (TPSA) is 97.0 Å². The molecule has 27 heavy (non-hydrogen) atoms. The maximum Gasteiger partial charge on any atom is 0.338 e. The molecule has 7 nitrogen and oxygen atoms in total. The van der Waals surface area contributed by atoms with Crippen LogP contribution in [0.4, 0.5) is 5.69 Å². The number of amides is 1. The summed E-state index contributed by atoms with van der Waals surface area (Å²) in [6.07, 6.45) is 2.19. The van der Waals surface area contributed by atoms with Crippen molar-refractivity contribution in [1.29, 1.82) is 0 Å². The Kier molecular flexibility index (Phi) is 5.30. The molecule has 2 heterocycles. The van der Waals surface area contributed by atoms with E-state index in [-0.39, 0.29) is 0 Å². The number of carbonyl (C=O) groups is 2. The highest BCUT2D eigenvalue weighted by molar-refractivity contribution is 5.97. The van der Waals surface area contributed by atoms with Crippen LogP contribution in [-0.2, 0) is 9.53 Å². The SMILES string of the molecule is Cc1nc(-c2ccc(C(=O)OC(C)C(=O)Nc3cccnc3)cc2)[nH]c1C. The predicted molar refractivity (Wildman–Crippen MR) is 101 cm³/mol. The van der Waals surface area contributed by atoms with Gasteiger partial charge >= 0.3 is 5.97 Å². The number of anilines is 1. The first-order valence-corrected chi connectivity index (χ1v) is 8.49. The maximum absolute atomic E-state index is 12.3. The minimum Gasteiger partial charge on any atom is -0.449 e. The fraction of sp³-hybridized carbons (Fsp3) is 0.200. The van der Waals surface area contributed by atoms with Gasteiger partial charge in [0, 0.05) is 17.5 Å². The number of aromatic amines is 1. The molecule has 2 aromatic heterocycles. The van der Waals surface area contributed by atoms with Gasteiger partial charge in [-0.25, -0.2) is 9.78 Å². The number of pyridine rings is 1. The van der Waals surface area contributed by atoms with E-state index in [0.717, 1.165) is 22.8 Å². The maximum atomic E-state index is 12.3. The normalized spacial score (nSPS) is 11.7. The van der Waals surface area contributed by atoms with Crippen LogP contribution in [0.25, 0.3) is 11.4 Å². The first kappa shape index (κ1) is 18.3. The largest absolute Gasteiger partial charge is 0.449 e. The lowest BCUT2D eigenvalue weighted by Gasteiger charge is -2.13. The number of rotatable bonds is 5. The highest BCUT2D eigenvalue weighted by Crippen LogP contribution is 2.19. The van der Waals surface area contributed by atoms with Crippen LogP contribution in [0.5, 0.6) is 0 Å². The summed E-state index contributed by atoms with van der Waals surface area (Å²) in [5.74, 6) is -0.245. The van der Waals surface area contributed by atoms with E-state index in [2.05, 4.69) is 20.3 Å². The third-order valence-electron chi connectivity index (χ3n) is 4.10. The minimum absolute atomic E-state index is 0.361. The van der Waals surface area contributed by atoms with Gasteiger partial charge in [-0.2, -0.15) is 0 Å². The average molecular weight is 364 g/mol. The zero-order chi connectivity index (χ0) is 19.4. The number of aryl methyl sites for hydroxylation is 2. The van der Waals surface area contributed by atoms with E-state index >= 15 is 0 Å². The molecule has 1 unspecified atom stereocenters. The molecule has 138 valence electrons. The van der Waals surface area contributed by atoms with Crippen molar-refractivity contribution in [2.75, 3.05) is 5.32 Å². The molecular formula is C20H20N4O3. The van der Waals surface area contributed by atoms with Crippen molar-refractivity contribution in [3.8, 4) is 11.4 Å². The zero-order valence-corrected chi connectivity index (χ0v) is 15.3. The highest BCUT2D eigenvalue weighted by Gasteiger charge is 2.19. The van der Waals surface area contributed by atoms with Gasteiger partial charge in [-0.3, -0.25) is 9.78 Å². The van der Waals surface area contributed by atoms with Crippen molar-refractivity contribution in [2.45, 2.75) is 26.9 Å². The number of nitrogens with one attached hydrogen (secondary N) is 2. The van der Waals surface area contributed by atoms with Gasteiger partial charge < -0.3 is 15.0 Å². The number of hydrogen-bond donors (Lipinski definition) is 2. The number of imidazole rings is 1. The molecule has 0 saturated heterocycles. The van der Waals surface area contributed by atoms with Gasteiger partial charge in [0.1, 0.15) is 5.82 Å². The van der Waals surface area contributed by atoms with Gasteiger partial charge in [0.05, 0.1) is 23.1 Å². The van der Waals surface area contributed by atoms with E-state index in [9.17, 15) is 9.59 Å². The molecule has 2 N–H and O–H groups in total. The van der Waals surface area contributed by atoms with Crippen LogP contribution in [-0.4, -0.2) is 32.9 Å². The number of benzene rings is 1. The number of esters is 1. The van der Waals surface area contributed by atoms with Gasteiger partial charge in [-0.05, 0) is 45.0 Å². The summed E-state index contributed by atoms with van der Waals surface area (Å²) in [5, 5.41) is 2.65. The molecule has 0 radical (unpaired) electrons. The number of hydrogen-bond acceptors (Lipinski definition) is 5. The summed E-state index contributed by atoms with van der Waals surface area (Å²) >= 11 is 0. The molecule has 3 rings (SSSR count). The molecular weight excluding hydrogens is 344 g/mol. The minimum atomic E-state index is -0.937. The number of aromatic nitrogens is 3. The second-order valence-electron chi connectivity index (χ2n) is 6.15. The Morgan fingerprint density at radius 2 is 1.89 bits per heavy atom. The average Bonchev–Trinajstić information content (AvgIpc) is 3.01. The Bertz CT molecular complexity index is 930. The Labute approximate surface area is 156 Å². The van der Waals surface area contributed by atoms with Crippen molar-refractivity contribution in [1.82, 2.24) is 15.0 Å². The van der Waals surface area contributed by atoms with Crippen LogP contribution < -0.4 is 5.32 Å². The van der Waals surface area contributed by atoms with E-state index in [1.54, 1.807) is 42.6 Å². The first-order chi connectivity index (χ1) is 12.9. The molecule has 1 aromatic carbocycles. The molecule has 1 amide bonds. The molecule has 0 spiro atoms. The Morgan fingerprint density at radius 3 is 2.48 bits per heavy atom. The molecule has 0 aliphatic carbocycles. The highest BCUT2D eigenvalue weighted by atomic mass is 16.5. The third kappa shape index (κ3) is 4.38. The first-order valence-electron chi connectivity index (χ1n) is 8.49. The molecule has 7 heteroatoms. The van der Waals surface area contributed by atoms with Gasteiger partial charge in [0.15, 0.2) is 6.10 Å². The molecule has 3 aromatic rings. The van der Waals surface area contributed by atoms with Crippen molar-refractivity contribution in [3.05, 3.63) is 65.7 Å². The number of nitrogens with zero attached hydrogens (tertiary/aromatic N) is 2. The van der Waals surface area contributed by atoms with Crippen molar-refractivity contribution < 1.29 is 14.3 Å². The lowest BCUT2D eigenvalue weighted by molar-refractivity contribution is -0.123. The smallest absolute Gasteiger partial charge is 0.338 e. The van der Waals surface area contributed by atoms with Crippen molar-refractivity contribution in [3.63, 3.8) is 0 Å². The summed E-state index contributed by atoms with van der Waals surface area (Å²) in [7, 11) is 0. The predicted octanol–water partition coefficient (Wildman–Crippen LogP) is 3.27. The molecule has 0 saturated carbocycles. The Morgan fingerprint density at radius 1 is 1.15 bits per heavy atom. The Balaban J connectivity index is 1.62. The lowest BCUT2D eigenvalue weighted by Crippen LogP contribution is -2.30. The molecule has 0 aliphatic heterocycles. The quantitative estimate of drug-likeness (QED) is 0.677. The van der Waals surface area contributed by atoms with Gasteiger partial charge in [-0.15, -0.1) is 0 Å². The number of carbonyl (C=O) groups excluding carboxylic acids is 2. The Hall–Kier alpha value is -3.48. The monoisotopic (exact) mass is 364 g/mol. The van der Waals surface area contributed by atoms with E-state index in [0.29, 0.717) is 11.3 Å². The van der Waals surface area contributed by atoms with E-state index in [4.69, 9.17) is 4.74 Å². The van der Waals surface area contributed by atoms with Crippen LogP contribution in [0.1, 0.15) is 28.7 Å². The zero-order valence-electron chi connectivity index (χ0n) is 15.3. The van der Waals surface area contributed by atoms with Crippen molar-refractivity contribution in [2.24, 2.45) is 0 Å². The molecule has 0 fully saturated rings. The summed E-state index contributed by atoms with van der Waals surface area (Å²) in [5.41, 5.74) is 3.70. The van der Waals surface area contributed by atoms with Crippen LogP contribution in [0.15, 0.2) is 48.8 Å². The fourth-order valence-corrected chi connectivity index (χ4v) is 2.41. The van der Waals surface area contributed by atoms with E-state index < -0.39 is 18.0 Å².